The average Bonchev–Trinajstić information content (AvgIpc) is 2.56. The molecule has 2 heterocycles. The Morgan fingerprint density at radius 2 is 2.29 bits per heavy atom. The lowest BCUT2D eigenvalue weighted by atomic mass is 9.93. The summed E-state index contributed by atoms with van der Waals surface area (Å²) in [5, 5.41) is 9.08. The van der Waals surface area contributed by atoms with E-state index in [1.807, 2.05) is 0 Å². The van der Waals surface area contributed by atoms with E-state index in [0.29, 0.717) is 18.5 Å². The van der Waals surface area contributed by atoms with E-state index in [-0.39, 0.29) is 6.04 Å². The van der Waals surface area contributed by atoms with Gasteiger partial charge >= 0.3 is 5.97 Å². The third-order valence-corrected chi connectivity index (χ3v) is 3.65. The van der Waals surface area contributed by atoms with E-state index in [4.69, 9.17) is 10.8 Å². The Morgan fingerprint density at radius 1 is 1.50 bits per heavy atom. The first-order chi connectivity index (χ1) is 6.74. The van der Waals surface area contributed by atoms with Crippen molar-refractivity contribution in [3.63, 3.8) is 0 Å². The lowest BCUT2D eigenvalue weighted by Crippen LogP contribution is -2.44. The van der Waals surface area contributed by atoms with Gasteiger partial charge in [-0.15, -0.1) is 0 Å². The molecule has 2 saturated heterocycles. The highest BCUT2D eigenvalue weighted by atomic mass is 16.4. The third kappa shape index (κ3) is 1.53. The van der Waals surface area contributed by atoms with Crippen LogP contribution in [0.5, 0.6) is 0 Å². The van der Waals surface area contributed by atoms with Gasteiger partial charge in [-0.1, -0.05) is 6.42 Å². The fraction of sp³-hybridized carbons (Fsp3) is 0.900. The molecule has 0 aromatic rings. The van der Waals surface area contributed by atoms with Crippen LogP contribution in [0.25, 0.3) is 0 Å². The fourth-order valence-electron chi connectivity index (χ4n) is 2.95. The molecule has 0 amide bonds. The summed E-state index contributed by atoms with van der Waals surface area (Å²) in [4.78, 5) is 13.2. The number of nitrogens with zero attached hydrogens (tertiary/aromatic N) is 1. The zero-order chi connectivity index (χ0) is 10.1. The fourth-order valence-corrected chi connectivity index (χ4v) is 2.95. The van der Waals surface area contributed by atoms with Crippen LogP contribution in [0.2, 0.25) is 0 Å². The number of hydrogen-bond donors (Lipinski definition) is 2. The van der Waals surface area contributed by atoms with Crippen LogP contribution in [0.1, 0.15) is 25.7 Å². The third-order valence-electron chi connectivity index (χ3n) is 3.65. The number of carbonyl (C=O) groups is 1. The minimum absolute atomic E-state index is 0.270. The van der Waals surface area contributed by atoms with Crippen molar-refractivity contribution in [2.45, 2.75) is 37.8 Å². The van der Waals surface area contributed by atoms with Crippen LogP contribution in [0.3, 0.4) is 0 Å². The van der Waals surface area contributed by atoms with Crippen LogP contribution in [0.15, 0.2) is 0 Å². The summed E-state index contributed by atoms with van der Waals surface area (Å²) >= 11 is 0. The number of piperidine rings is 1. The van der Waals surface area contributed by atoms with Gasteiger partial charge in [0.15, 0.2) is 0 Å². The van der Waals surface area contributed by atoms with E-state index in [1.54, 1.807) is 0 Å². The second-order valence-electron chi connectivity index (χ2n) is 4.39. The Labute approximate surface area is 84.1 Å². The monoisotopic (exact) mass is 198 g/mol. The molecule has 0 aromatic carbocycles. The maximum Gasteiger partial charge on any atom is 0.320 e. The molecule has 2 fully saturated rings. The Kier molecular flexibility index (Phi) is 2.74. The average molecular weight is 198 g/mol. The van der Waals surface area contributed by atoms with Gasteiger partial charge in [-0.2, -0.15) is 0 Å². The molecule has 0 aliphatic carbocycles. The molecule has 3 unspecified atom stereocenters. The zero-order valence-electron chi connectivity index (χ0n) is 8.35. The number of hydrogen-bond acceptors (Lipinski definition) is 3. The molecule has 2 rings (SSSR count). The van der Waals surface area contributed by atoms with E-state index in [1.165, 1.54) is 6.42 Å². The minimum atomic E-state index is -0.673. The molecule has 4 nitrogen and oxygen atoms in total. The van der Waals surface area contributed by atoms with Crippen molar-refractivity contribution < 1.29 is 9.90 Å². The molecule has 14 heavy (non-hydrogen) atoms. The number of fused-ring (bicyclic) bond motifs is 1. The van der Waals surface area contributed by atoms with Gasteiger partial charge in [0.05, 0.1) is 0 Å². The number of nitrogens with two attached hydrogens (primary N) is 1. The van der Waals surface area contributed by atoms with Crippen molar-refractivity contribution in [3.8, 4) is 0 Å². The van der Waals surface area contributed by atoms with Crippen LogP contribution < -0.4 is 5.73 Å². The van der Waals surface area contributed by atoms with Crippen molar-refractivity contribution in [1.29, 1.82) is 0 Å². The van der Waals surface area contributed by atoms with E-state index in [2.05, 4.69) is 4.90 Å². The molecule has 80 valence electrons. The van der Waals surface area contributed by atoms with Crippen molar-refractivity contribution in [2.75, 3.05) is 13.1 Å². The molecular formula is C10H18N2O2. The van der Waals surface area contributed by atoms with E-state index >= 15 is 0 Å². The molecule has 2 aliphatic rings. The first kappa shape index (κ1) is 9.93. The highest BCUT2D eigenvalue weighted by Crippen LogP contribution is 2.35. The van der Waals surface area contributed by atoms with Gasteiger partial charge in [0.2, 0.25) is 0 Å². The van der Waals surface area contributed by atoms with Crippen LogP contribution in [-0.2, 0) is 4.79 Å². The van der Waals surface area contributed by atoms with Gasteiger partial charge in [0.1, 0.15) is 6.04 Å². The SMILES string of the molecule is NCC1CC(C(=O)O)N2CCCCC12. The summed E-state index contributed by atoms with van der Waals surface area (Å²) < 4.78 is 0. The lowest BCUT2D eigenvalue weighted by molar-refractivity contribution is -0.143. The minimum Gasteiger partial charge on any atom is -0.480 e. The zero-order valence-corrected chi connectivity index (χ0v) is 8.35. The van der Waals surface area contributed by atoms with Gasteiger partial charge in [-0.05, 0) is 38.3 Å². The second-order valence-corrected chi connectivity index (χ2v) is 4.39. The predicted octanol–water partition coefficient (Wildman–Crippen LogP) is 0.273. The van der Waals surface area contributed by atoms with Gasteiger partial charge in [-0.25, -0.2) is 0 Å². The quantitative estimate of drug-likeness (QED) is 0.668. The smallest absolute Gasteiger partial charge is 0.320 e. The molecule has 2 aliphatic heterocycles. The first-order valence-electron chi connectivity index (χ1n) is 5.42. The molecule has 3 N–H and O–H groups in total. The molecule has 0 saturated carbocycles. The number of aliphatic carboxylic acids is 1. The van der Waals surface area contributed by atoms with Crippen molar-refractivity contribution in [3.05, 3.63) is 0 Å². The molecule has 0 radical (unpaired) electrons. The summed E-state index contributed by atoms with van der Waals surface area (Å²) in [6, 6.07) is 0.170. The predicted molar refractivity (Wildman–Crippen MR) is 52.9 cm³/mol. The Hall–Kier alpha value is -0.610. The van der Waals surface area contributed by atoms with Crippen LogP contribution in [0.4, 0.5) is 0 Å². The molecule has 4 heteroatoms. The van der Waals surface area contributed by atoms with Gasteiger partial charge in [0, 0.05) is 6.04 Å². The van der Waals surface area contributed by atoms with Gasteiger partial charge in [0.25, 0.3) is 0 Å². The van der Waals surface area contributed by atoms with Crippen molar-refractivity contribution in [2.24, 2.45) is 11.7 Å². The van der Waals surface area contributed by atoms with E-state index in [0.717, 1.165) is 25.8 Å². The summed E-state index contributed by atoms with van der Waals surface area (Å²) in [5.74, 6) is -0.274. The van der Waals surface area contributed by atoms with Crippen LogP contribution in [-0.4, -0.2) is 41.1 Å². The van der Waals surface area contributed by atoms with E-state index < -0.39 is 5.97 Å². The summed E-state index contributed by atoms with van der Waals surface area (Å²) in [5.41, 5.74) is 5.68. The lowest BCUT2D eigenvalue weighted by Gasteiger charge is -2.33. The summed E-state index contributed by atoms with van der Waals surface area (Å²) in [6.07, 6.45) is 4.24. The molecule has 3 atom stereocenters. The Morgan fingerprint density at radius 3 is 2.93 bits per heavy atom. The van der Waals surface area contributed by atoms with Crippen LogP contribution in [0, 0.1) is 5.92 Å². The highest BCUT2D eigenvalue weighted by molar-refractivity contribution is 5.74. The molecule has 0 bridgehead atoms. The molecule has 0 spiro atoms. The summed E-state index contributed by atoms with van der Waals surface area (Å²) in [6.45, 7) is 1.57. The maximum atomic E-state index is 11.0. The maximum absolute atomic E-state index is 11.0. The largest absolute Gasteiger partial charge is 0.480 e. The normalized spacial score (nSPS) is 38.2. The van der Waals surface area contributed by atoms with Gasteiger partial charge in [-0.3, -0.25) is 9.69 Å². The Bertz CT molecular complexity index is 232. The highest BCUT2D eigenvalue weighted by Gasteiger charge is 2.44. The Balaban J connectivity index is 2.12. The number of carboxylic acids is 1. The number of carboxylic acid groups (broad SMARTS) is 1. The first-order valence-corrected chi connectivity index (χ1v) is 5.42. The topological polar surface area (TPSA) is 66.6 Å². The molecular weight excluding hydrogens is 180 g/mol. The number of rotatable bonds is 2. The van der Waals surface area contributed by atoms with E-state index in [9.17, 15) is 4.79 Å². The molecule has 0 aromatic heterocycles. The summed E-state index contributed by atoms with van der Waals surface area (Å²) in [7, 11) is 0. The van der Waals surface area contributed by atoms with Crippen LogP contribution >= 0.6 is 0 Å². The van der Waals surface area contributed by atoms with Crippen molar-refractivity contribution in [1.82, 2.24) is 4.90 Å². The second kappa shape index (κ2) is 3.87. The van der Waals surface area contributed by atoms with Gasteiger partial charge < -0.3 is 10.8 Å². The van der Waals surface area contributed by atoms with Crippen molar-refractivity contribution >= 4 is 5.97 Å². The standard InChI is InChI=1S/C10H18N2O2/c11-6-7-5-9(10(13)14)12-4-2-1-3-8(7)12/h7-9H,1-6,11H2,(H,13,14).